The number of rotatable bonds is 5. The lowest BCUT2D eigenvalue weighted by molar-refractivity contribution is 0.0326. The average Bonchev–Trinajstić information content (AvgIpc) is 2.24. The number of carbonyl (C=O) groups is 1. The Hall–Kier alpha value is -0.980. The Labute approximate surface area is 115 Å². The molecule has 0 aliphatic carbocycles. The molecule has 0 saturated carbocycles. The smallest absolute Gasteiger partial charge is 0.252 e. The van der Waals surface area contributed by atoms with E-state index in [2.05, 4.69) is 26.2 Å². The normalized spacial score (nSPS) is 14.3. The summed E-state index contributed by atoms with van der Waals surface area (Å²) in [5, 5.41) is 12.7. The molecule has 0 bridgehead atoms. The van der Waals surface area contributed by atoms with E-state index in [0.29, 0.717) is 12.1 Å². The minimum atomic E-state index is -0.960. The minimum absolute atomic E-state index is 0.191. The second-order valence-corrected chi connectivity index (χ2v) is 5.72. The van der Waals surface area contributed by atoms with E-state index in [4.69, 9.17) is 0 Å². The number of carbonyl (C=O) groups excluding carboxylic acids is 1. The molecule has 18 heavy (non-hydrogen) atoms. The van der Waals surface area contributed by atoms with Crippen LogP contribution in [0.2, 0.25) is 0 Å². The molecule has 1 atom stereocenters. The first kappa shape index (κ1) is 15.1. The molecule has 0 aromatic carbocycles. The maximum absolute atomic E-state index is 11.8. The standard InChI is InChI=1S/C12H18BrN3O2/c1-12(18,8-16(2)3)7-15-11(17)9-4-10(13)6-14-5-9/h4-6,18H,7-8H2,1-3H3,(H,15,17). The van der Waals surface area contributed by atoms with Gasteiger partial charge in [0.2, 0.25) is 0 Å². The first-order valence-corrected chi connectivity index (χ1v) is 6.35. The highest BCUT2D eigenvalue weighted by atomic mass is 79.9. The molecule has 1 amide bonds. The summed E-state index contributed by atoms with van der Waals surface area (Å²) in [6, 6.07) is 1.68. The fraction of sp³-hybridized carbons (Fsp3) is 0.500. The van der Waals surface area contributed by atoms with E-state index in [1.807, 2.05) is 19.0 Å². The van der Waals surface area contributed by atoms with E-state index < -0.39 is 5.60 Å². The van der Waals surface area contributed by atoms with Crippen molar-refractivity contribution in [2.45, 2.75) is 12.5 Å². The molecule has 1 unspecified atom stereocenters. The summed E-state index contributed by atoms with van der Waals surface area (Å²) in [6.07, 6.45) is 3.10. The predicted molar refractivity (Wildman–Crippen MR) is 73.4 cm³/mol. The third-order valence-corrected chi connectivity index (χ3v) is 2.69. The van der Waals surface area contributed by atoms with Gasteiger partial charge in [-0.15, -0.1) is 0 Å². The van der Waals surface area contributed by atoms with Crippen LogP contribution in [0.3, 0.4) is 0 Å². The molecule has 6 heteroatoms. The third-order valence-electron chi connectivity index (χ3n) is 2.25. The summed E-state index contributed by atoms with van der Waals surface area (Å²) in [5.74, 6) is -0.247. The highest BCUT2D eigenvalue weighted by Crippen LogP contribution is 2.10. The summed E-state index contributed by atoms with van der Waals surface area (Å²) in [5.41, 5.74) is -0.497. The average molecular weight is 316 g/mol. The molecule has 100 valence electrons. The fourth-order valence-electron chi connectivity index (χ4n) is 1.65. The second-order valence-electron chi connectivity index (χ2n) is 4.81. The van der Waals surface area contributed by atoms with Gasteiger partial charge < -0.3 is 15.3 Å². The number of aliphatic hydroxyl groups is 1. The van der Waals surface area contributed by atoms with Crippen molar-refractivity contribution in [3.05, 3.63) is 28.5 Å². The SMILES string of the molecule is CN(C)CC(C)(O)CNC(=O)c1cncc(Br)c1. The van der Waals surface area contributed by atoms with E-state index in [0.717, 1.165) is 4.47 Å². The van der Waals surface area contributed by atoms with Crippen LogP contribution in [0, 0.1) is 0 Å². The van der Waals surface area contributed by atoms with Gasteiger partial charge in [-0.3, -0.25) is 9.78 Å². The van der Waals surface area contributed by atoms with Gasteiger partial charge in [0.1, 0.15) is 0 Å². The van der Waals surface area contributed by atoms with Crippen molar-refractivity contribution < 1.29 is 9.90 Å². The number of nitrogens with zero attached hydrogens (tertiary/aromatic N) is 2. The van der Waals surface area contributed by atoms with Crippen molar-refractivity contribution in [2.24, 2.45) is 0 Å². The summed E-state index contributed by atoms with van der Waals surface area (Å²) < 4.78 is 0.746. The van der Waals surface area contributed by atoms with Crippen LogP contribution in [0.25, 0.3) is 0 Å². The molecule has 0 aliphatic heterocycles. The number of likely N-dealkylation sites (N-methyl/N-ethyl adjacent to an activating group) is 1. The Balaban J connectivity index is 2.56. The number of aromatic nitrogens is 1. The van der Waals surface area contributed by atoms with Crippen molar-refractivity contribution in [1.29, 1.82) is 0 Å². The molecule has 0 saturated heterocycles. The van der Waals surface area contributed by atoms with Gasteiger partial charge in [0, 0.05) is 30.0 Å². The molecule has 1 aromatic rings. The van der Waals surface area contributed by atoms with E-state index in [1.165, 1.54) is 6.20 Å². The molecule has 2 N–H and O–H groups in total. The Morgan fingerprint density at radius 1 is 1.56 bits per heavy atom. The lowest BCUT2D eigenvalue weighted by Gasteiger charge is -2.27. The zero-order chi connectivity index (χ0) is 13.8. The third kappa shape index (κ3) is 5.12. The summed E-state index contributed by atoms with van der Waals surface area (Å²) in [6.45, 7) is 2.35. The first-order chi connectivity index (χ1) is 8.30. The van der Waals surface area contributed by atoms with Crippen LogP contribution in [-0.2, 0) is 0 Å². The highest BCUT2D eigenvalue weighted by Gasteiger charge is 2.22. The second kappa shape index (κ2) is 6.26. The van der Waals surface area contributed by atoms with E-state index in [1.54, 1.807) is 19.2 Å². The molecule has 5 nitrogen and oxygen atoms in total. The van der Waals surface area contributed by atoms with Gasteiger partial charge in [-0.05, 0) is 43.0 Å². The van der Waals surface area contributed by atoms with Crippen LogP contribution < -0.4 is 5.32 Å². The molecule has 1 aromatic heterocycles. The van der Waals surface area contributed by atoms with Gasteiger partial charge >= 0.3 is 0 Å². The Morgan fingerprint density at radius 2 is 2.22 bits per heavy atom. The van der Waals surface area contributed by atoms with Crippen LogP contribution in [0.1, 0.15) is 17.3 Å². The zero-order valence-electron chi connectivity index (χ0n) is 10.8. The summed E-state index contributed by atoms with van der Waals surface area (Å²) in [4.78, 5) is 17.6. The number of pyridine rings is 1. The number of hydrogen-bond donors (Lipinski definition) is 2. The van der Waals surface area contributed by atoms with Crippen LogP contribution in [-0.4, -0.2) is 53.7 Å². The first-order valence-electron chi connectivity index (χ1n) is 5.56. The van der Waals surface area contributed by atoms with Crippen LogP contribution >= 0.6 is 15.9 Å². The van der Waals surface area contributed by atoms with Crippen molar-refractivity contribution in [3.63, 3.8) is 0 Å². The number of amides is 1. The van der Waals surface area contributed by atoms with E-state index in [9.17, 15) is 9.90 Å². The molecular formula is C12H18BrN3O2. The van der Waals surface area contributed by atoms with Gasteiger partial charge in [-0.1, -0.05) is 0 Å². The molecule has 0 spiro atoms. The van der Waals surface area contributed by atoms with Crippen molar-refractivity contribution in [1.82, 2.24) is 15.2 Å². The minimum Gasteiger partial charge on any atom is -0.387 e. The monoisotopic (exact) mass is 315 g/mol. The van der Waals surface area contributed by atoms with Crippen molar-refractivity contribution >= 4 is 21.8 Å². The highest BCUT2D eigenvalue weighted by molar-refractivity contribution is 9.10. The van der Waals surface area contributed by atoms with Crippen LogP contribution in [0.15, 0.2) is 22.9 Å². The number of nitrogens with one attached hydrogen (secondary N) is 1. The van der Waals surface area contributed by atoms with Crippen LogP contribution in [0.5, 0.6) is 0 Å². The predicted octanol–water partition coefficient (Wildman–Crippen LogP) is 0.886. The number of hydrogen-bond acceptors (Lipinski definition) is 4. The topological polar surface area (TPSA) is 65.5 Å². The molecule has 1 rings (SSSR count). The number of halogens is 1. The Morgan fingerprint density at radius 3 is 2.78 bits per heavy atom. The van der Waals surface area contributed by atoms with Gasteiger partial charge in [0.15, 0.2) is 0 Å². The lowest BCUT2D eigenvalue weighted by atomic mass is 10.1. The Kier molecular flexibility index (Phi) is 5.25. The van der Waals surface area contributed by atoms with Gasteiger partial charge in [0.25, 0.3) is 5.91 Å². The van der Waals surface area contributed by atoms with Crippen molar-refractivity contribution in [3.8, 4) is 0 Å². The van der Waals surface area contributed by atoms with E-state index >= 15 is 0 Å². The molecule has 0 aliphatic rings. The van der Waals surface area contributed by atoms with Gasteiger partial charge in [0.05, 0.1) is 11.2 Å². The fourth-order valence-corrected chi connectivity index (χ4v) is 2.01. The lowest BCUT2D eigenvalue weighted by Crippen LogP contribution is -2.47. The maximum atomic E-state index is 11.8. The quantitative estimate of drug-likeness (QED) is 0.847. The molecule has 0 radical (unpaired) electrons. The Bertz CT molecular complexity index is 422. The maximum Gasteiger partial charge on any atom is 0.252 e. The molecule has 1 heterocycles. The summed E-state index contributed by atoms with van der Waals surface area (Å²) in [7, 11) is 3.74. The van der Waals surface area contributed by atoms with Gasteiger partial charge in [-0.25, -0.2) is 0 Å². The summed E-state index contributed by atoms with van der Waals surface area (Å²) >= 11 is 3.26. The van der Waals surface area contributed by atoms with E-state index in [-0.39, 0.29) is 12.5 Å². The largest absolute Gasteiger partial charge is 0.387 e. The molecular weight excluding hydrogens is 298 g/mol. The van der Waals surface area contributed by atoms with Crippen molar-refractivity contribution in [2.75, 3.05) is 27.2 Å². The van der Waals surface area contributed by atoms with Gasteiger partial charge in [-0.2, -0.15) is 0 Å². The van der Waals surface area contributed by atoms with Crippen LogP contribution in [0.4, 0.5) is 0 Å². The molecule has 0 fully saturated rings. The zero-order valence-corrected chi connectivity index (χ0v) is 12.4.